The number of hydrogen-bond donors (Lipinski definition) is 0. The minimum Gasteiger partial charge on any atom is -0.326 e. The fourth-order valence-corrected chi connectivity index (χ4v) is 8.04. The van der Waals surface area contributed by atoms with Crippen molar-refractivity contribution in [3.8, 4) is 0 Å². The van der Waals surface area contributed by atoms with Crippen LogP contribution in [0.15, 0.2) is 0 Å². The lowest BCUT2D eigenvalue weighted by Gasteiger charge is -2.54. The zero-order chi connectivity index (χ0) is 12.5. The van der Waals surface area contributed by atoms with Crippen LogP contribution in [0.4, 0.5) is 0 Å². The van der Waals surface area contributed by atoms with Crippen LogP contribution in [0.3, 0.4) is 0 Å². The van der Waals surface area contributed by atoms with E-state index in [1.807, 2.05) is 0 Å². The van der Waals surface area contributed by atoms with Gasteiger partial charge in [0.05, 0.1) is 0 Å². The Kier molecular flexibility index (Phi) is 4.64. The Morgan fingerprint density at radius 2 is 1.27 bits per heavy atom. The molecule has 0 aromatic heterocycles. The summed E-state index contributed by atoms with van der Waals surface area (Å²) in [7, 11) is 0.882. The van der Waals surface area contributed by atoms with Crippen LogP contribution in [0, 0.1) is 0 Å². The zero-order valence-electron chi connectivity index (χ0n) is 12.4. The molecule has 0 rings (SSSR count). The van der Waals surface area contributed by atoms with Crippen molar-refractivity contribution < 1.29 is 0 Å². The van der Waals surface area contributed by atoms with E-state index < -0.39 is 8.24 Å². The van der Waals surface area contributed by atoms with Gasteiger partial charge in [-0.25, -0.2) is 0 Å². The van der Waals surface area contributed by atoms with Gasteiger partial charge in [0.15, 0.2) is 0 Å². The van der Waals surface area contributed by atoms with Gasteiger partial charge in [-0.2, -0.15) is 0 Å². The lowest BCUT2D eigenvalue weighted by molar-refractivity contribution is 0.423. The molecule has 0 aliphatic heterocycles. The third-order valence-corrected chi connectivity index (χ3v) is 11.8. The molecule has 0 heterocycles. The van der Waals surface area contributed by atoms with Gasteiger partial charge in [-0.1, -0.05) is 55.0 Å². The van der Waals surface area contributed by atoms with Gasteiger partial charge in [0.2, 0.25) is 0 Å². The predicted octanol–water partition coefficient (Wildman–Crippen LogP) is 4.50. The molecule has 0 aromatic rings. The van der Waals surface area contributed by atoms with Crippen molar-refractivity contribution in [3.63, 3.8) is 0 Å². The van der Waals surface area contributed by atoms with E-state index in [-0.39, 0.29) is 0 Å². The van der Waals surface area contributed by atoms with Gasteiger partial charge < -0.3 is 4.57 Å². The molecule has 1 nitrogen and oxygen atoms in total. The highest BCUT2D eigenvalue weighted by Gasteiger charge is 2.51. The number of nitrogens with zero attached hydrogens (tertiary/aromatic N) is 1. The highest BCUT2D eigenvalue weighted by Crippen LogP contribution is 2.52. The lowest BCUT2D eigenvalue weighted by atomic mass is 10.2. The van der Waals surface area contributed by atoms with Crippen LogP contribution < -0.4 is 0 Å². The van der Waals surface area contributed by atoms with Crippen LogP contribution in [0.5, 0.6) is 0 Å². The first-order valence-corrected chi connectivity index (χ1v) is 8.64. The zero-order valence-corrected chi connectivity index (χ0v) is 13.4. The lowest BCUT2D eigenvalue weighted by Crippen LogP contribution is -2.61. The standard InChI is InChI=1S/C13H31NSi/c1-10-11-14(8)15(9,12(2,3)4)13(5,6)7/h10-11H2,1-9H3. The van der Waals surface area contributed by atoms with Gasteiger partial charge in [0.1, 0.15) is 8.24 Å². The van der Waals surface area contributed by atoms with Gasteiger partial charge in [-0.05, 0) is 30.1 Å². The molecule has 2 heteroatoms. The van der Waals surface area contributed by atoms with Gasteiger partial charge >= 0.3 is 0 Å². The van der Waals surface area contributed by atoms with E-state index in [1.54, 1.807) is 0 Å². The molecule has 0 aromatic carbocycles. The van der Waals surface area contributed by atoms with E-state index in [2.05, 4.69) is 66.6 Å². The molecular formula is C13H31NSi. The SMILES string of the molecule is CCCN(C)[Si](C)(C(C)(C)C)C(C)(C)C. The van der Waals surface area contributed by atoms with E-state index in [4.69, 9.17) is 0 Å². The van der Waals surface area contributed by atoms with Crippen molar-refractivity contribution in [3.05, 3.63) is 0 Å². The van der Waals surface area contributed by atoms with Crippen LogP contribution in [-0.2, 0) is 0 Å². The summed E-state index contributed by atoms with van der Waals surface area (Å²) < 4.78 is 2.67. The quantitative estimate of drug-likeness (QED) is 0.644. The molecule has 15 heavy (non-hydrogen) atoms. The van der Waals surface area contributed by atoms with Crippen molar-refractivity contribution in [2.24, 2.45) is 0 Å². The molecule has 0 spiro atoms. The molecule has 0 atom stereocenters. The molecule has 0 bridgehead atoms. The predicted molar refractivity (Wildman–Crippen MR) is 74.0 cm³/mol. The second kappa shape index (κ2) is 4.58. The molecule has 0 radical (unpaired) electrons. The first-order valence-electron chi connectivity index (χ1n) is 6.19. The Balaban J connectivity index is 5.23. The fourth-order valence-electron chi connectivity index (χ4n) is 2.83. The third kappa shape index (κ3) is 2.85. The average molecular weight is 229 g/mol. The molecule has 0 fully saturated rings. The molecule has 0 amide bonds. The summed E-state index contributed by atoms with van der Waals surface area (Å²) in [6.45, 7) is 20.5. The Labute approximate surface area is 98.3 Å². The topological polar surface area (TPSA) is 3.24 Å². The average Bonchev–Trinajstić information content (AvgIpc) is 1.99. The molecule has 0 N–H and O–H groups in total. The maximum Gasteiger partial charge on any atom is 0.135 e. The van der Waals surface area contributed by atoms with Crippen molar-refractivity contribution in [2.45, 2.75) is 71.5 Å². The summed E-state index contributed by atoms with van der Waals surface area (Å²) >= 11 is 0. The van der Waals surface area contributed by atoms with Crippen LogP contribution in [0.25, 0.3) is 0 Å². The largest absolute Gasteiger partial charge is 0.326 e. The maximum atomic E-state index is 2.67. The summed E-state index contributed by atoms with van der Waals surface area (Å²) in [4.78, 5) is 0. The van der Waals surface area contributed by atoms with Crippen LogP contribution >= 0.6 is 0 Å². The molecule has 92 valence electrons. The summed E-state index contributed by atoms with van der Waals surface area (Å²) in [6, 6.07) is 0. The summed E-state index contributed by atoms with van der Waals surface area (Å²) in [5.41, 5.74) is 0. The van der Waals surface area contributed by atoms with Gasteiger partial charge in [-0.15, -0.1) is 0 Å². The van der Waals surface area contributed by atoms with E-state index in [0.717, 1.165) is 0 Å². The van der Waals surface area contributed by atoms with Crippen LogP contribution in [0.2, 0.25) is 16.6 Å². The maximum absolute atomic E-state index is 2.67. The van der Waals surface area contributed by atoms with Gasteiger partial charge in [-0.3, -0.25) is 0 Å². The van der Waals surface area contributed by atoms with Gasteiger partial charge in [0.25, 0.3) is 0 Å². The van der Waals surface area contributed by atoms with Crippen LogP contribution in [-0.4, -0.2) is 26.4 Å². The third-order valence-electron chi connectivity index (χ3n) is 4.24. The van der Waals surface area contributed by atoms with E-state index in [1.165, 1.54) is 13.0 Å². The minimum atomic E-state index is -1.44. The molecule has 0 unspecified atom stereocenters. The Bertz CT molecular complexity index is 184. The summed E-state index contributed by atoms with van der Waals surface area (Å²) in [6.07, 6.45) is 1.26. The Hall–Kier alpha value is 0.177. The summed E-state index contributed by atoms with van der Waals surface area (Å²) in [5, 5.41) is 0.852. The number of hydrogen-bond acceptors (Lipinski definition) is 1. The van der Waals surface area contributed by atoms with Crippen molar-refractivity contribution >= 4 is 8.24 Å². The monoisotopic (exact) mass is 229 g/mol. The Morgan fingerprint density at radius 3 is 1.47 bits per heavy atom. The molecule has 0 aliphatic rings. The number of rotatable bonds is 3. The highest BCUT2D eigenvalue weighted by molar-refractivity contribution is 6.81. The highest BCUT2D eigenvalue weighted by atomic mass is 28.3. The smallest absolute Gasteiger partial charge is 0.135 e. The summed E-state index contributed by atoms with van der Waals surface area (Å²) in [5.74, 6) is 0. The van der Waals surface area contributed by atoms with E-state index >= 15 is 0 Å². The second-order valence-electron chi connectivity index (χ2n) is 6.99. The minimum absolute atomic E-state index is 0.426. The van der Waals surface area contributed by atoms with Crippen LogP contribution in [0.1, 0.15) is 54.9 Å². The van der Waals surface area contributed by atoms with Gasteiger partial charge in [0, 0.05) is 0 Å². The van der Waals surface area contributed by atoms with E-state index in [0.29, 0.717) is 10.1 Å². The van der Waals surface area contributed by atoms with Crippen molar-refractivity contribution in [2.75, 3.05) is 13.6 Å². The van der Waals surface area contributed by atoms with Crippen molar-refractivity contribution in [1.82, 2.24) is 4.57 Å². The fraction of sp³-hybridized carbons (Fsp3) is 1.00. The first-order chi connectivity index (χ1) is 6.48. The molecule has 0 saturated carbocycles. The molecule has 0 saturated heterocycles. The second-order valence-corrected chi connectivity index (χ2v) is 12.9. The molecular weight excluding hydrogens is 198 g/mol. The first kappa shape index (κ1) is 15.2. The molecule has 0 aliphatic carbocycles. The Morgan fingerprint density at radius 1 is 0.933 bits per heavy atom. The van der Waals surface area contributed by atoms with Crippen molar-refractivity contribution in [1.29, 1.82) is 0 Å². The van der Waals surface area contributed by atoms with E-state index in [9.17, 15) is 0 Å². The normalized spacial score (nSPS) is 14.8.